The second-order valence-electron chi connectivity index (χ2n) is 2.96. The van der Waals surface area contributed by atoms with E-state index in [-0.39, 0.29) is 0 Å². The van der Waals surface area contributed by atoms with Gasteiger partial charge in [-0.25, -0.2) is 0 Å². The van der Waals surface area contributed by atoms with E-state index in [1.54, 1.807) is 0 Å². The van der Waals surface area contributed by atoms with Crippen LogP contribution in [0.15, 0.2) is 0 Å². The van der Waals surface area contributed by atoms with E-state index >= 15 is 0 Å². The zero-order valence-electron chi connectivity index (χ0n) is 7.09. The summed E-state index contributed by atoms with van der Waals surface area (Å²) in [6.45, 7) is 2.31. The van der Waals surface area contributed by atoms with Crippen molar-refractivity contribution in [1.29, 1.82) is 0 Å². The third-order valence-corrected chi connectivity index (χ3v) is 3.43. The van der Waals surface area contributed by atoms with Crippen LogP contribution in [0.1, 0.15) is 6.42 Å². The van der Waals surface area contributed by atoms with Gasteiger partial charge in [0.1, 0.15) is 6.10 Å². The number of rotatable bonds is 6. The molecule has 0 aromatic heterocycles. The monoisotopic (exact) mass is 232 g/mol. The van der Waals surface area contributed by atoms with E-state index in [1.807, 2.05) is 6.26 Å². The molecule has 12 heavy (non-hydrogen) atoms. The fraction of sp³-hybridized carbons (Fsp3) is 1.00. The fourth-order valence-corrected chi connectivity index (χ4v) is 2.07. The van der Waals surface area contributed by atoms with Crippen molar-refractivity contribution in [2.75, 3.05) is 31.8 Å². The predicted molar refractivity (Wildman–Crippen MR) is 55.3 cm³/mol. The van der Waals surface area contributed by atoms with E-state index < -0.39 is 8.46 Å². The van der Waals surface area contributed by atoms with Crippen molar-refractivity contribution in [3.63, 3.8) is 0 Å². The van der Waals surface area contributed by atoms with Gasteiger partial charge in [-0.15, -0.1) is 0 Å². The van der Waals surface area contributed by atoms with Gasteiger partial charge in [0.2, 0.25) is 0 Å². The molecule has 5 heteroatoms. The van der Waals surface area contributed by atoms with Crippen molar-refractivity contribution in [1.82, 2.24) is 0 Å². The number of hydrogen-bond donors (Lipinski definition) is 0. The van der Waals surface area contributed by atoms with Crippen molar-refractivity contribution in [2.45, 2.75) is 12.5 Å². The van der Waals surface area contributed by atoms with Crippen LogP contribution in [0.3, 0.4) is 0 Å². The maximum Gasteiger partial charge on any atom is 0.104 e. The predicted octanol–water partition coefficient (Wildman–Crippen LogP) is 2.53. The highest BCUT2D eigenvalue weighted by atomic mass is 36.0. The van der Waals surface area contributed by atoms with Crippen molar-refractivity contribution in [3.05, 3.63) is 0 Å². The first-order valence-corrected chi connectivity index (χ1v) is 7.79. The first-order chi connectivity index (χ1) is 5.58. The topological polar surface area (TPSA) is 21.8 Å². The maximum absolute atomic E-state index is 5.86. The summed E-state index contributed by atoms with van der Waals surface area (Å²) in [7, 11) is 10.3. The van der Waals surface area contributed by atoms with Gasteiger partial charge in [0.05, 0.1) is 13.2 Å². The zero-order chi connectivity index (χ0) is 9.03. The van der Waals surface area contributed by atoms with Crippen LogP contribution in [0.2, 0.25) is 0 Å². The van der Waals surface area contributed by atoms with Crippen LogP contribution in [-0.4, -0.2) is 37.9 Å². The van der Waals surface area contributed by atoms with E-state index in [0.29, 0.717) is 6.10 Å². The highest BCUT2D eigenvalue weighted by Gasteiger charge is 2.22. The van der Waals surface area contributed by atoms with E-state index in [1.165, 1.54) is 0 Å². The molecule has 1 heterocycles. The second kappa shape index (κ2) is 4.91. The van der Waals surface area contributed by atoms with Crippen LogP contribution in [0.4, 0.5) is 0 Å². The molecule has 1 saturated heterocycles. The largest absolute Gasteiger partial charge is 0.379 e. The fourth-order valence-electron chi connectivity index (χ4n) is 0.793. The number of halogens is 2. The minimum atomic E-state index is -1.38. The molecular weight excluding hydrogens is 219 g/mol. The van der Waals surface area contributed by atoms with E-state index in [0.717, 1.165) is 32.0 Å². The maximum atomic E-state index is 5.86. The Morgan fingerprint density at radius 1 is 1.58 bits per heavy atom. The van der Waals surface area contributed by atoms with Gasteiger partial charge in [0.15, 0.2) is 0 Å². The molecule has 0 spiro atoms. The highest BCUT2D eigenvalue weighted by Crippen LogP contribution is 2.54. The van der Waals surface area contributed by atoms with Gasteiger partial charge in [0, 0.05) is 12.4 Å². The molecule has 1 atom stereocenters. The average Bonchev–Trinajstić information content (AvgIpc) is 2.68. The van der Waals surface area contributed by atoms with E-state index in [4.69, 9.17) is 30.8 Å². The standard InChI is InChI=1S/C7H14Cl2O2S/c1-12(8,9)4-2-3-10-5-7-6-11-7/h7H,2-6H2,1H3. The molecule has 0 aromatic carbocycles. The van der Waals surface area contributed by atoms with Crippen molar-refractivity contribution in [2.24, 2.45) is 0 Å². The van der Waals surface area contributed by atoms with Crippen molar-refractivity contribution >= 4 is 29.8 Å². The SMILES string of the molecule is CS(Cl)(Cl)CCCOCC1CO1. The highest BCUT2D eigenvalue weighted by molar-refractivity contribution is 8.65. The molecule has 74 valence electrons. The van der Waals surface area contributed by atoms with Gasteiger partial charge in [-0.05, 0) is 12.7 Å². The summed E-state index contributed by atoms with van der Waals surface area (Å²) in [6.07, 6.45) is 3.17. The van der Waals surface area contributed by atoms with Gasteiger partial charge in [0.25, 0.3) is 0 Å². The Bertz CT molecular complexity index is 134. The molecule has 0 radical (unpaired) electrons. The van der Waals surface area contributed by atoms with Crippen LogP contribution >= 0.6 is 29.8 Å². The Balaban J connectivity index is 1.82. The van der Waals surface area contributed by atoms with E-state index in [9.17, 15) is 0 Å². The Morgan fingerprint density at radius 3 is 2.75 bits per heavy atom. The molecule has 1 unspecified atom stereocenters. The first kappa shape index (κ1) is 10.9. The van der Waals surface area contributed by atoms with Crippen molar-refractivity contribution in [3.8, 4) is 0 Å². The molecule has 0 aliphatic carbocycles. The Hall–Kier alpha value is 0.850. The van der Waals surface area contributed by atoms with Crippen LogP contribution in [0.5, 0.6) is 0 Å². The van der Waals surface area contributed by atoms with Gasteiger partial charge < -0.3 is 9.47 Å². The average molecular weight is 233 g/mol. The molecule has 1 aliphatic heterocycles. The molecule has 2 nitrogen and oxygen atoms in total. The molecule has 0 aromatic rings. The van der Waals surface area contributed by atoms with Crippen LogP contribution in [0.25, 0.3) is 0 Å². The normalized spacial score (nSPS) is 24.1. The summed E-state index contributed by atoms with van der Waals surface area (Å²) in [6, 6.07) is 0. The Morgan fingerprint density at radius 2 is 2.25 bits per heavy atom. The molecule has 1 aliphatic rings. The molecule has 0 amide bonds. The number of epoxide rings is 1. The van der Waals surface area contributed by atoms with Crippen LogP contribution in [-0.2, 0) is 9.47 Å². The summed E-state index contributed by atoms with van der Waals surface area (Å²) in [5, 5.41) is 0. The molecule has 1 rings (SSSR count). The lowest BCUT2D eigenvalue weighted by molar-refractivity contribution is 0.117. The van der Waals surface area contributed by atoms with Crippen LogP contribution < -0.4 is 0 Å². The summed E-state index contributed by atoms with van der Waals surface area (Å²) in [4.78, 5) is 0. The minimum Gasteiger partial charge on any atom is -0.379 e. The zero-order valence-corrected chi connectivity index (χ0v) is 9.42. The van der Waals surface area contributed by atoms with Crippen molar-refractivity contribution < 1.29 is 9.47 Å². The third kappa shape index (κ3) is 6.38. The Labute approximate surface area is 83.8 Å². The lowest BCUT2D eigenvalue weighted by Gasteiger charge is -2.17. The smallest absolute Gasteiger partial charge is 0.104 e. The third-order valence-electron chi connectivity index (χ3n) is 1.50. The quantitative estimate of drug-likeness (QED) is 0.519. The molecule has 0 bridgehead atoms. The number of hydrogen-bond acceptors (Lipinski definition) is 2. The summed E-state index contributed by atoms with van der Waals surface area (Å²) < 4.78 is 10.3. The molecular formula is C7H14Cl2O2S. The first-order valence-electron chi connectivity index (χ1n) is 3.92. The Kier molecular flexibility index (Phi) is 4.47. The summed E-state index contributed by atoms with van der Waals surface area (Å²) in [5.74, 6) is 0.849. The lowest BCUT2D eigenvalue weighted by Crippen LogP contribution is -2.04. The van der Waals surface area contributed by atoms with Gasteiger partial charge in [-0.1, -0.05) is 29.8 Å². The van der Waals surface area contributed by atoms with Gasteiger partial charge >= 0.3 is 0 Å². The molecule has 0 saturated carbocycles. The van der Waals surface area contributed by atoms with E-state index in [2.05, 4.69) is 0 Å². The van der Waals surface area contributed by atoms with Gasteiger partial charge in [-0.3, -0.25) is 0 Å². The lowest BCUT2D eigenvalue weighted by atomic mass is 10.5. The second-order valence-corrected chi connectivity index (χ2v) is 9.68. The minimum absolute atomic E-state index is 0.357. The number of ether oxygens (including phenoxy) is 2. The van der Waals surface area contributed by atoms with Gasteiger partial charge in [-0.2, -0.15) is 0 Å². The van der Waals surface area contributed by atoms with Crippen LogP contribution in [0, 0.1) is 0 Å². The summed E-state index contributed by atoms with van der Waals surface area (Å²) >= 11 is 0. The molecule has 1 fully saturated rings. The molecule has 0 N–H and O–H groups in total. The summed E-state index contributed by atoms with van der Waals surface area (Å²) in [5.41, 5.74) is 0.